The van der Waals surface area contributed by atoms with Crippen molar-refractivity contribution < 1.29 is 14.3 Å². The van der Waals surface area contributed by atoms with E-state index in [9.17, 15) is 4.79 Å². The van der Waals surface area contributed by atoms with Gasteiger partial charge in [0.05, 0.1) is 14.2 Å². The minimum atomic E-state index is -0.0853. The normalized spacial score (nSPS) is 10.0. The van der Waals surface area contributed by atoms with Crippen molar-refractivity contribution in [1.82, 2.24) is 15.5 Å². The molecule has 0 bridgehead atoms. The van der Waals surface area contributed by atoms with Gasteiger partial charge < -0.3 is 25.0 Å². The molecule has 0 radical (unpaired) electrons. The van der Waals surface area contributed by atoms with Crippen LogP contribution in [-0.4, -0.2) is 52.3 Å². The maximum absolute atomic E-state index is 11.3. The summed E-state index contributed by atoms with van der Waals surface area (Å²) >= 11 is 0. The molecule has 0 saturated carbocycles. The first-order valence-corrected chi connectivity index (χ1v) is 6.45. The highest BCUT2D eigenvalue weighted by molar-refractivity contribution is 5.73. The Hall–Kier alpha value is -1.95. The van der Waals surface area contributed by atoms with Gasteiger partial charge in [-0.3, -0.25) is 0 Å². The van der Waals surface area contributed by atoms with Crippen molar-refractivity contribution in [2.75, 3.05) is 41.4 Å². The summed E-state index contributed by atoms with van der Waals surface area (Å²) in [5, 5.41) is 6.04. The molecule has 0 fully saturated rings. The Morgan fingerprint density at radius 3 is 2.45 bits per heavy atom. The second kappa shape index (κ2) is 8.27. The van der Waals surface area contributed by atoms with E-state index in [-0.39, 0.29) is 6.03 Å². The number of nitrogens with zero attached hydrogens (tertiary/aromatic N) is 1. The summed E-state index contributed by atoms with van der Waals surface area (Å²) in [7, 11) is 6.66. The number of hydrogen-bond donors (Lipinski definition) is 2. The summed E-state index contributed by atoms with van der Waals surface area (Å²) in [5.74, 6) is 1.43. The van der Waals surface area contributed by atoms with E-state index in [0.717, 1.165) is 11.3 Å². The van der Waals surface area contributed by atoms with Crippen molar-refractivity contribution in [3.8, 4) is 11.5 Å². The van der Waals surface area contributed by atoms with Crippen LogP contribution in [0.5, 0.6) is 11.5 Å². The van der Waals surface area contributed by atoms with Crippen LogP contribution in [0, 0.1) is 0 Å². The van der Waals surface area contributed by atoms with Gasteiger partial charge in [-0.1, -0.05) is 6.07 Å². The van der Waals surface area contributed by atoms with Gasteiger partial charge >= 0.3 is 6.03 Å². The summed E-state index contributed by atoms with van der Waals surface area (Å²) in [6, 6.07) is 5.71. The first-order chi connectivity index (χ1) is 9.58. The van der Waals surface area contributed by atoms with Gasteiger partial charge in [0.1, 0.15) is 0 Å². The molecule has 1 aromatic rings. The monoisotopic (exact) mass is 281 g/mol. The molecule has 0 aliphatic heterocycles. The maximum Gasteiger partial charge on any atom is 0.316 e. The van der Waals surface area contributed by atoms with E-state index in [1.54, 1.807) is 28.3 Å². The Kier molecular flexibility index (Phi) is 6.66. The van der Waals surface area contributed by atoms with Crippen LogP contribution >= 0.6 is 0 Å². The lowest BCUT2D eigenvalue weighted by Crippen LogP contribution is -2.38. The van der Waals surface area contributed by atoms with Crippen molar-refractivity contribution in [1.29, 1.82) is 0 Å². The van der Waals surface area contributed by atoms with Gasteiger partial charge in [0.15, 0.2) is 11.5 Å². The molecule has 0 aliphatic rings. The van der Waals surface area contributed by atoms with Gasteiger partial charge in [-0.25, -0.2) is 4.79 Å². The highest BCUT2D eigenvalue weighted by Crippen LogP contribution is 2.27. The van der Waals surface area contributed by atoms with Crippen LogP contribution in [0.3, 0.4) is 0 Å². The largest absolute Gasteiger partial charge is 0.493 e. The summed E-state index contributed by atoms with van der Waals surface area (Å²) < 4.78 is 10.4. The third-order valence-electron chi connectivity index (χ3n) is 2.76. The second-order valence-corrected chi connectivity index (χ2v) is 4.49. The Morgan fingerprint density at radius 1 is 1.15 bits per heavy atom. The first-order valence-electron chi connectivity index (χ1n) is 6.45. The average Bonchev–Trinajstić information content (AvgIpc) is 2.46. The van der Waals surface area contributed by atoms with Crippen LogP contribution in [0.1, 0.15) is 5.56 Å². The number of nitrogens with one attached hydrogen (secondary N) is 2. The van der Waals surface area contributed by atoms with Gasteiger partial charge in [-0.2, -0.15) is 0 Å². The van der Waals surface area contributed by atoms with Gasteiger partial charge in [-0.15, -0.1) is 0 Å². The maximum atomic E-state index is 11.3. The van der Waals surface area contributed by atoms with Crippen molar-refractivity contribution in [3.05, 3.63) is 23.8 Å². The third-order valence-corrected chi connectivity index (χ3v) is 2.76. The number of ether oxygens (including phenoxy) is 2. The highest BCUT2D eigenvalue weighted by Gasteiger charge is 2.04. The lowest BCUT2D eigenvalue weighted by atomic mass is 10.2. The van der Waals surface area contributed by atoms with Crippen molar-refractivity contribution in [3.63, 3.8) is 0 Å². The Labute approximate surface area is 120 Å². The zero-order chi connectivity index (χ0) is 15.0. The highest BCUT2D eigenvalue weighted by atomic mass is 16.5. The SMILES string of the molecule is COc1ccc(CNCCNC(=O)N(C)C)cc1OC. The third kappa shape index (κ3) is 4.97. The number of rotatable bonds is 7. The average molecular weight is 281 g/mol. The molecule has 0 aliphatic carbocycles. The summed E-state index contributed by atoms with van der Waals surface area (Å²) in [6.45, 7) is 2.00. The van der Waals surface area contributed by atoms with Crippen molar-refractivity contribution in [2.24, 2.45) is 0 Å². The zero-order valence-corrected chi connectivity index (χ0v) is 12.5. The van der Waals surface area contributed by atoms with E-state index in [1.165, 1.54) is 4.90 Å². The molecule has 6 heteroatoms. The number of benzene rings is 1. The van der Waals surface area contributed by atoms with E-state index >= 15 is 0 Å². The van der Waals surface area contributed by atoms with Crippen LogP contribution < -0.4 is 20.1 Å². The fourth-order valence-corrected chi connectivity index (χ4v) is 1.64. The number of hydrogen-bond acceptors (Lipinski definition) is 4. The molecule has 2 N–H and O–H groups in total. The Balaban J connectivity index is 2.34. The smallest absolute Gasteiger partial charge is 0.316 e. The Morgan fingerprint density at radius 2 is 1.85 bits per heavy atom. The number of carbonyl (C=O) groups is 1. The molecule has 0 saturated heterocycles. The van der Waals surface area contributed by atoms with Gasteiger partial charge in [-0.05, 0) is 17.7 Å². The minimum absolute atomic E-state index is 0.0853. The van der Waals surface area contributed by atoms with Gasteiger partial charge in [0.2, 0.25) is 0 Å². The van der Waals surface area contributed by atoms with Gasteiger partial charge in [0.25, 0.3) is 0 Å². The zero-order valence-electron chi connectivity index (χ0n) is 12.5. The Bertz CT molecular complexity index is 436. The van der Waals surface area contributed by atoms with Crippen LogP contribution in [-0.2, 0) is 6.54 Å². The van der Waals surface area contributed by atoms with Gasteiger partial charge in [0, 0.05) is 33.7 Å². The molecular formula is C14H23N3O3. The summed E-state index contributed by atoms with van der Waals surface area (Å²) in [5.41, 5.74) is 1.10. The molecule has 0 aromatic heterocycles. The fraction of sp³-hybridized carbons (Fsp3) is 0.500. The summed E-state index contributed by atoms with van der Waals surface area (Å²) in [4.78, 5) is 12.8. The van der Waals surface area contributed by atoms with E-state index in [1.807, 2.05) is 18.2 Å². The number of carbonyl (C=O) groups excluding carboxylic acids is 1. The lowest BCUT2D eigenvalue weighted by Gasteiger charge is -2.13. The molecule has 0 unspecified atom stereocenters. The molecule has 0 atom stereocenters. The van der Waals surface area contributed by atoms with Crippen molar-refractivity contribution in [2.45, 2.75) is 6.54 Å². The predicted octanol–water partition coefficient (Wildman–Crippen LogP) is 1.06. The molecule has 1 rings (SSSR count). The number of methoxy groups -OCH3 is 2. The first kappa shape index (κ1) is 16.1. The van der Waals surface area contributed by atoms with Crippen LogP contribution in [0.25, 0.3) is 0 Å². The van der Waals surface area contributed by atoms with Crippen LogP contribution in [0.2, 0.25) is 0 Å². The van der Waals surface area contributed by atoms with Crippen LogP contribution in [0.4, 0.5) is 4.79 Å². The number of urea groups is 1. The molecule has 2 amide bonds. The molecule has 0 heterocycles. The minimum Gasteiger partial charge on any atom is -0.493 e. The molecular weight excluding hydrogens is 258 g/mol. The predicted molar refractivity (Wildman–Crippen MR) is 78.3 cm³/mol. The molecule has 6 nitrogen and oxygen atoms in total. The van der Waals surface area contributed by atoms with E-state index in [2.05, 4.69) is 10.6 Å². The van der Waals surface area contributed by atoms with E-state index < -0.39 is 0 Å². The molecule has 0 spiro atoms. The van der Waals surface area contributed by atoms with E-state index in [4.69, 9.17) is 9.47 Å². The molecule has 1 aromatic carbocycles. The second-order valence-electron chi connectivity index (χ2n) is 4.49. The fourth-order valence-electron chi connectivity index (χ4n) is 1.64. The molecule has 112 valence electrons. The standard InChI is InChI=1S/C14H23N3O3/c1-17(2)14(18)16-8-7-15-10-11-5-6-12(19-3)13(9-11)20-4/h5-6,9,15H,7-8,10H2,1-4H3,(H,16,18). The molecule has 20 heavy (non-hydrogen) atoms. The van der Waals surface area contributed by atoms with Crippen molar-refractivity contribution >= 4 is 6.03 Å². The number of amides is 2. The van der Waals surface area contributed by atoms with Crippen LogP contribution in [0.15, 0.2) is 18.2 Å². The topological polar surface area (TPSA) is 62.8 Å². The lowest BCUT2D eigenvalue weighted by molar-refractivity contribution is 0.217. The quantitative estimate of drug-likeness (QED) is 0.734. The summed E-state index contributed by atoms with van der Waals surface area (Å²) in [6.07, 6.45) is 0. The van der Waals surface area contributed by atoms with E-state index in [0.29, 0.717) is 25.4 Å².